The summed E-state index contributed by atoms with van der Waals surface area (Å²) in [6.45, 7) is 8.15. The Labute approximate surface area is 150 Å². The van der Waals surface area contributed by atoms with Crippen molar-refractivity contribution in [2.75, 3.05) is 20.1 Å². The number of nitrogens with one attached hydrogen (secondary N) is 1. The summed E-state index contributed by atoms with van der Waals surface area (Å²) < 4.78 is 5.86. The number of amides is 1. The van der Waals surface area contributed by atoms with E-state index in [1.807, 2.05) is 18.0 Å². The van der Waals surface area contributed by atoms with Gasteiger partial charge < -0.3 is 14.6 Å². The lowest BCUT2D eigenvalue weighted by molar-refractivity contribution is 0.0676. The number of hydrogen-bond donors (Lipinski definition) is 1. The molecule has 0 aliphatic carbocycles. The molecule has 0 spiro atoms. The first-order chi connectivity index (χ1) is 11.9. The van der Waals surface area contributed by atoms with Gasteiger partial charge in [-0.2, -0.15) is 0 Å². The first kappa shape index (κ1) is 17.7. The van der Waals surface area contributed by atoms with Gasteiger partial charge in [-0.25, -0.2) is 0 Å². The molecule has 25 heavy (non-hydrogen) atoms. The Balaban J connectivity index is 1.71. The van der Waals surface area contributed by atoms with Crippen LogP contribution in [0.15, 0.2) is 40.8 Å². The van der Waals surface area contributed by atoms with Gasteiger partial charge in [0.05, 0.1) is 0 Å². The van der Waals surface area contributed by atoms with Gasteiger partial charge in [-0.1, -0.05) is 45.0 Å². The Bertz CT molecular complexity index is 717. The molecule has 0 bridgehead atoms. The second kappa shape index (κ2) is 7.04. The predicted octanol–water partition coefficient (Wildman–Crippen LogP) is 4.07. The lowest BCUT2D eigenvalue weighted by Gasteiger charge is -2.31. The lowest BCUT2D eigenvalue weighted by Crippen LogP contribution is -2.43. The average molecular weight is 340 g/mol. The van der Waals surface area contributed by atoms with Crippen LogP contribution in [0.3, 0.4) is 0 Å². The highest BCUT2D eigenvalue weighted by Crippen LogP contribution is 2.28. The zero-order chi connectivity index (χ0) is 18.0. The van der Waals surface area contributed by atoms with Crippen molar-refractivity contribution in [3.63, 3.8) is 0 Å². The molecular formula is C21H28N2O2. The first-order valence-electron chi connectivity index (χ1n) is 9.06. The van der Waals surface area contributed by atoms with E-state index in [1.165, 1.54) is 5.56 Å². The summed E-state index contributed by atoms with van der Waals surface area (Å²) in [6, 6.07) is 12.6. The molecule has 4 nitrogen and oxygen atoms in total. The third kappa shape index (κ3) is 3.96. The maximum Gasteiger partial charge on any atom is 0.289 e. The molecule has 2 aromatic rings. The predicted molar refractivity (Wildman–Crippen MR) is 101 cm³/mol. The van der Waals surface area contributed by atoms with E-state index in [0.717, 1.165) is 37.3 Å². The van der Waals surface area contributed by atoms with Crippen LogP contribution in [0, 0.1) is 0 Å². The van der Waals surface area contributed by atoms with Crippen LogP contribution < -0.4 is 5.32 Å². The van der Waals surface area contributed by atoms with Gasteiger partial charge in [0.25, 0.3) is 5.91 Å². The van der Waals surface area contributed by atoms with Crippen molar-refractivity contribution < 1.29 is 9.21 Å². The van der Waals surface area contributed by atoms with Crippen molar-refractivity contribution in [3.05, 3.63) is 47.7 Å². The molecule has 1 amide bonds. The molecule has 0 radical (unpaired) electrons. The Morgan fingerprint density at radius 2 is 1.72 bits per heavy atom. The van der Waals surface area contributed by atoms with Crippen molar-refractivity contribution >= 4 is 5.91 Å². The number of hydrogen-bond acceptors (Lipinski definition) is 3. The average Bonchev–Trinajstić information content (AvgIpc) is 3.10. The van der Waals surface area contributed by atoms with Gasteiger partial charge in [-0.05, 0) is 43.0 Å². The standard InChI is InChI=1S/C21H28N2O2/c1-21(2,3)16-7-5-15(6-8-16)18-9-10-19(25-18)20(24)23-13-11-17(22-4)12-14-23/h5-10,17,22H,11-14H2,1-4H3. The molecule has 4 heteroatoms. The second-order valence-electron chi connectivity index (χ2n) is 7.85. The number of benzene rings is 1. The summed E-state index contributed by atoms with van der Waals surface area (Å²) in [6.07, 6.45) is 1.98. The fourth-order valence-electron chi connectivity index (χ4n) is 3.27. The highest BCUT2D eigenvalue weighted by Gasteiger charge is 2.25. The molecule has 2 heterocycles. The molecular weight excluding hydrogens is 312 g/mol. The van der Waals surface area contributed by atoms with Crippen LogP contribution in [0.25, 0.3) is 11.3 Å². The SMILES string of the molecule is CNC1CCN(C(=O)c2ccc(-c3ccc(C(C)(C)C)cc3)o2)CC1. The van der Waals surface area contributed by atoms with Crippen molar-refractivity contribution in [1.29, 1.82) is 0 Å². The summed E-state index contributed by atoms with van der Waals surface area (Å²) in [5.41, 5.74) is 2.41. The smallest absolute Gasteiger partial charge is 0.289 e. The monoisotopic (exact) mass is 340 g/mol. The van der Waals surface area contributed by atoms with Gasteiger partial charge >= 0.3 is 0 Å². The van der Waals surface area contributed by atoms with Crippen LogP contribution in [-0.2, 0) is 5.41 Å². The number of likely N-dealkylation sites (tertiary alicyclic amines) is 1. The van der Waals surface area contributed by atoms with Gasteiger partial charge in [0.2, 0.25) is 0 Å². The Hall–Kier alpha value is -2.07. The highest BCUT2D eigenvalue weighted by molar-refractivity contribution is 5.92. The van der Waals surface area contributed by atoms with Crippen molar-refractivity contribution in [1.82, 2.24) is 10.2 Å². The zero-order valence-electron chi connectivity index (χ0n) is 15.6. The zero-order valence-corrected chi connectivity index (χ0v) is 15.6. The second-order valence-corrected chi connectivity index (χ2v) is 7.85. The molecule has 1 fully saturated rings. The van der Waals surface area contributed by atoms with E-state index < -0.39 is 0 Å². The van der Waals surface area contributed by atoms with Gasteiger partial charge in [0.15, 0.2) is 5.76 Å². The van der Waals surface area contributed by atoms with Gasteiger partial charge in [-0.15, -0.1) is 0 Å². The van der Waals surface area contributed by atoms with E-state index in [4.69, 9.17) is 4.42 Å². The van der Waals surface area contributed by atoms with Crippen LogP contribution in [0.4, 0.5) is 0 Å². The van der Waals surface area contributed by atoms with E-state index in [-0.39, 0.29) is 11.3 Å². The molecule has 0 saturated carbocycles. The van der Waals surface area contributed by atoms with Gasteiger partial charge in [0.1, 0.15) is 5.76 Å². The molecule has 1 aliphatic heterocycles. The fourth-order valence-corrected chi connectivity index (χ4v) is 3.27. The molecule has 1 aromatic heterocycles. The molecule has 1 aliphatic rings. The van der Waals surface area contributed by atoms with E-state index in [9.17, 15) is 4.79 Å². The van der Waals surface area contributed by atoms with Crippen LogP contribution in [0.5, 0.6) is 0 Å². The third-order valence-corrected chi connectivity index (χ3v) is 5.04. The van der Waals surface area contributed by atoms with Crippen LogP contribution >= 0.6 is 0 Å². The summed E-state index contributed by atoms with van der Waals surface area (Å²) in [5.74, 6) is 1.17. The Morgan fingerprint density at radius 3 is 2.28 bits per heavy atom. The molecule has 1 saturated heterocycles. The molecule has 0 atom stereocenters. The van der Waals surface area contributed by atoms with E-state index in [1.54, 1.807) is 6.07 Å². The number of carbonyl (C=O) groups excluding carboxylic acids is 1. The minimum absolute atomic E-state index is 0.00730. The Kier molecular flexibility index (Phi) is 5.00. The third-order valence-electron chi connectivity index (χ3n) is 5.04. The number of nitrogens with zero attached hydrogens (tertiary/aromatic N) is 1. The molecule has 134 valence electrons. The van der Waals surface area contributed by atoms with E-state index in [0.29, 0.717) is 11.8 Å². The molecule has 0 unspecified atom stereocenters. The minimum Gasteiger partial charge on any atom is -0.451 e. The largest absolute Gasteiger partial charge is 0.451 e. The number of rotatable bonds is 3. The Morgan fingerprint density at radius 1 is 1.08 bits per heavy atom. The van der Waals surface area contributed by atoms with Gasteiger partial charge in [0, 0.05) is 24.7 Å². The maximum atomic E-state index is 12.6. The van der Waals surface area contributed by atoms with Gasteiger partial charge in [-0.3, -0.25) is 4.79 Å². The summed E-state index contributed by atoms with van der Waals surface area (Å²) in [5, 5.41) is 3.28. The maximum absolute atomic E-state index is 12.6. The van der Waals surface area contributed by atoms with E-state index in [2.05, 4.69) is 50.4 Å². The lowest BCUT2D eigenvalue weighted by atomic mass is 9.86. The molecule has 1 aromatic carbocycles. The number of furan rings is 1. The number of piperidine rings is 1. The fraction of sp³-hybridized carbons (Fsp3) is 0.476. The summed E-state index contributed by atoms with van der Waals surface area (Å²) >= 11 is 0. The van der Waals surface area contributed by atoms with Crippen LogP contribution in [0.1, 0.15) is 49.7 Å². The topological polar surface area (TPSA) is 45.5 Å². The minimum atomic E-state index is -0.00730. The number of carbonyl (C=O) groups is 1. The molecule has 1 N–H and O–H groups in total. The van der Waals surface area contributed by atoms with Crippen molar-refractivity contribution in [3.8, 4) is 11.3 Å². The molecule has 3 rings (SSSR count). The van der Waals surface area contributed by atoms with Crippen molar-refractivity contribution in [2.24, 2.45) is 0 Å². The quantitative estimate of drug-likeness (QED) is 0.916. The normalized spacial score (nSPS) is 16.2. The van der Waals surface area contributed by atoms with Crippen molar-refractivity contribution in [2.45, 2.75) is 45.1 Å². The van der Waals surface area contributed by atoms with E-state index >= 15 is 0 Å². The van der Waals surface area contributed by atoms with Crippen LogP contribution in [0.2, 0.25) is 0 Å². The van der Waals surface area contributed by atoms with Crippen LogP contribution in [-0.4, -0.2) is 37.0 Å². The first-order valence-corrected chi connectivity index (χ1v) is 9.06. The highest BCUT2D eigenvalue weighted by atomic mass is 16.4. The summed E-state index contributed by atoms with van der Waals surface area (Å²) in [4.78, 5) is 14.5. The summed E-state index contributed by atoms with van der Waals surface area (Å²) in [7, 11) is 1.98.